The van der Waals surface area contributed by atoms with Gasteiger partial charge in [0, 0.05) is 18.7 Å². The van der Waals surface area contributed by atoms with Crippen molar-refractivity contribution in [3.05, 3.63) is 67.4 Å². The van der Waals surface area contributed by atoms with E-state index in [1.54, 1.807) is 6.07 Å². The van der Waals surface area contributed by atoms with Gasteiger partial charge in [-0.1, -0.05) is 48.3 Å². The molecular weight excluding hydrogens is 381 g/mol. The first kappa shape index (κ1) is 18.6. The summed E-state index contributed by atoms with van der Waals surface area (Å²) in [6.07, 6.45) is 4.84. The Morgan fingerprint density at radius 1 is 1.26 bits per heavy atom. The molecule has 27 heavy (non-hydrogen) atoms. The summed E-state index contributed by atoms with van der Waals surface area (Å²) in [4.78, 5) is 18.3. The van der Waals surface area contributed by atoms with Crippen molar-refractivity contribution in [2.45, 2.75) is 26.2 Å². The summed E-state index contributed by atoms with van der Waals surface area (Å²) < 4.78 is 0. The van der Waals surface area contributed by atoms with Crippen LogP contribution in [-0.2, 0) is 6.42 Å². The smallest absolute Gasteiger partial charge is 0.257 e. The first-order valence-corrected chi connectivity index (χ1v) is 10.0. The normalized spacial score (nSPS) is 18.4. The number of nitrogens with two attached hydrogens (primary N) is 1. The molecule has 2 heterocycles. The van der Waals surface area contributed by atoms with Crippen molar-refractivity contribution in [2.75, 3.05) is 24.5 Å². The Kier molecular flexibility index (Phi) is 4.83. The van der Waals surface area contributed by atoms with Gasteiger partial charge in [-0.25, -0.2) is 0 Å². The van der Waals surface area contributed by atoms with Crippen LogP contribution in [0.5, 0.6) is 0 Å². The van der Waals surface area contributed by atoms with Crippen LogP contribution in [0.2, 0.25) is 10.0 Å². The van der Waals surface area contributed by atoms with Gasteiger partial charge in [-0.2, -0.15) is 0 Å². The van der Waals surface area contributed by atoms with Crippen LogP contribution in [0, 0.1) is 5.41 Å². The highest BCUT2D eigenvalue weighted by Crippen LogP contribution is 2.38. The lowest BCUT2D eigenvalue weighted by Crippen LogP contribution is -2.43. The van der Waals surface area contributed by atoms with Gasteiger partial charge in [-0.05, 0) is 54.5 Å². The van der Waals surface area contributed by atoms with Crippen LogP contribution in [0.1, 0.15) is 36.5 Å². The van der Waals surface area contributed by atoms with E-state index >= 15 is 0 Å². The number of hydrogen-bond acceptors (Lipinski definition) is 3. The van der Waals surface area contributed by atoms with Crippen LogP contribution in [0.4, 0.5) is 5.82 Å². The van der Waals surface area contributed by atoms with E-state index < -0.39 is 0 Å². The van der Waals surface area contributed by atoms with E-state index in [0.29, 0.717) is 22.2 Å². The number of anilines is 1. The number of allylic oxidation sites excluding steroid dienone is 1. The molecule has 2 aromatic rings. The summed E-state index contributed by atoms with van der Waals surface area (Å²) in [6.45, 7) is 4.75. The molecule has 3 N–H and O–H groups in total. The predicted octanol–water partition coefficient (Wildman–Crippen LogP) is 4.23. The molecule has 1 aromatic heterocycles. The number of rotatable bonds is 3. The summed E-state index contributed by atoms with van der Waals surface area (Å²) in [5.74, 6) is 0.893. The zero-order valence-corrected chi connectivity index (χ0v) is 16.8. The summed E-state index contributed by atoms with van der Waals surface area (Å²) in [5, 5.41) is 0.978. The molecule has 0 saturated carbocycles. The van der Waals surface area contributed by atoms with E-state index in [-0.39, 0.29) is 11.0 Å². The standard InChI is InChI=1S/C21H23Cl2N3O/c1-21(12-24)7-9-26(10-8-21)17-11-13-5-6-14(18(13)20(27)25-17)15-3-2-4-16(22)19(15)23/h2-4,6,11H,5,7-10,12,24H2,1H3,(H,25,27). The highest BCUT2D eigenvalue weighted by molar-refractivity contribution is 6.43. The number of benzene rings is 1. The lowest BCUT2D eigenvalue weighted by atomic mass is 9.80. The average molecular weight is 404 g/mol. The second kappa shape index (κ2) is 7.01. The fourth-order valence-corrected chi connectivity index (χ4v) is 4.39. The number of nitrogens with zero attached hydrogens (tertiary/aromatic N) is 1. The third-order valence-electron chi connectivity index (χ3n) is 5.94. The third kappa shape index (κ3) is 3.31. The highest BCUT2D eigenvalue weighted by Gasteiger charge is 2.30. The van der Waals surface area contributed by atoms with E-state index in [4.69, 9.17) is 28.9 Å². The molecule has 0 unspecified atom stereocenters. The minimum Gasteiger partial charge on any atom is -0.358 e. The molecular formula is C21H23Cl2N3O. The van der Waals surface area contributed by atoms with E-state index in [2.05, 4.69) is 29.0 Å². The van der Waals surface area contributed by atoms with Gasteiger partial charge in [-0.3, -0.25) is 4.79 Å². The van der Waals surface area contributed by atoms with Crippen LogP contribution in [0.15, 0.2) is 35.1 Å². The number of H-pyrrole nitrogens is 1. The maximum absolute atomic E-state index is 12.9. The fourth-order valence-electron chi connectivity index (χ4n) is 3.99. The van der Waals surface area contributed by atoms with E-state index in [1.807, 2.05) is 12.1 Å². The number of nitrogens with one attached hydrogen (secondary N) is 1. The van der Waals surface area contributed by atoms with E-state index in [9.17, 15) is 4.79 Å². The maximum Gasteiger partial charge on any atom is 0.257 e. The molecule has 0 amide bonds. The van der Waals surface area contributed by atoms with Gasteiger partial charge >= 0.3 is 0 Å². The van der Waals surface area contributed by atoms with Crippen molar-refractivity contribution in [2.24, 2.45) is 11.1 Å². The molecule has 0 atom stereocenters. The molecule has 0 radical (unpaired) electrons. The monoisotopic (exact) mass is 403 g/mol. The molecule has 4 nitrogen and oxygen atoms in total. The molecule has 1 aliphatic heterocycles. The lowest BCUT2D eigenvalue weighted by molar-refractivity contribution is 0.258. The van der Waals surface area contributed by atoms with Crippen LogP contribution < -0.4 is 16.2 Å². The topological polar surface area (TPSA) is 62.1 Å². The first-order valence-electron chi connectivity index (χ1n) is 9.28. The minimum absolute atomic E-state index is 0.0746. The van der Waals surface area contributed by atoms with Gasteiger partial charge < -0.3 is 15.6 Å². The van der Waals surface area contributed by atoms with Gasteiger partial charge in [0.2, 0.25) is 0 Å². The Morgan fingerprint density at radius 2 is 2.00 bits per heavy atom. The molecule has 0 spiro atoms. The number of hydrogen-bond donors (Lipinski definition) is 2. The molecule has 4 rings (SSSR count). The van der Waals surface area contributed by atoms with Gasteiger partial charge in [0.25, 0.3) is 5.56 Å². The zero-order chi connectivity index (χ0) is 19.2. The van der Waals surface area contributed by atoms with Gasteiger partial charge in [-0.15, -0.1) is 0 Å². The summed E-state index contributed by atoms with van der Waals surface area (Å²) >= 11 is 12.5. The van der Waals surface area contributed by atoms with Crippen molar-refractivity contribution in [1.82, 2.24) is 4.98 Å². The Hall–Kier alpha value is -1.75. The number of fused-ring (bicyclic) bond motifs is 1. The molecule has 2 aliphatic rings. The summed E-state index contributed by atoms with van der Waals surface area (Å²) in [5.41, 5.74) is 9.43. The number of aromatic nitrogens is 1. The molecule has 1 fully saturated rings. The van der Waals surface area contributed by atoms with E-state index in [0.717, 1.165) is 54.9 Å². The lowest BCUT2D eigenvalue weighted by Gasteiger charge is -2.39. The van der Waals surface area contributed by atoms with Crippen LogP contribution >= 0.6 is 23.2 Å². The number of piperidine rings is 1. The minimum atomic E-state index is -0.0746. The van der Waals surface area contributed by atoms with Crippen molar-refractivity contribution >= 4 is 34.6 Å². The van der Waals surface area contributed by atoms with Gasteiger partial charge in [0.05, 0.1) is 15.6 Å². The summed E-state index contributed by atoms with van der Waals surface area (Å²) in [7, 11) is 0. The molecule has 6 heteroatoms. The van der Waals surface area contributed by atoms with Crippen molar-refractivity contribution in [3.8, 4) is 0 Å². The number of aromatic amines is 1. The fraction of sp³-hybridized carbons (Fsp3) is 0.381. The van der Waals surface area contributed by atoms with Crippen LogP contribution in [-0.4, -0.2) is 24.6 Å². The molecule has 1 aromatic carbocycles. The largest absolute Gasteiger partial charge is 0.358 e. The van der Waals surface area contributed by atoms with Gasteiger partial charge in [0.15, 0.2) is 0 Å². The predicted molar refractivity (Wildman–Crippen MR) is 113 cm³/mol. The molecule has 1 saturated heterocycles. The van der Waals surface area contributed by atoms with Crippen LogP contribution in [0.25, 0.3) is 5.57 Å². The second-order valence-corrected chi connectivity index (χ2v) is 8.59. The van der Waals surface area contributed by atoms with Gasteiger partial charge in [0.1, 0.15) is 5.82 Å². The maximum atomic E-state index is 12.9. The quantitative estimate of drug-likeness (QED) is 0.805. The molecule has 142 valence electrons. The first-order chi connectivity index (χ1) is 12.9. The number of pyridine rings is 1. The van der Waals surface area contributed by atoms with Crippen molar-refractivity contribution < 1.29 is 0 Å². The van der Waals surface area contributed by atoms with Crippen molar-refractivity contribution in [3.63, 3.8) is 0 Å². The Morgan fingerprint density at radius 3 is 2.70 bits per heavy atom. The van der Waals surface area contributed by atoms with E-state index in [1.165, 1.54) is 0 Å². The Bertz CT molecular complexity index is 972. The molecule has 1 aliphatic carbocycles. The SMILES string of the molecule is CC1(CN)CCN(c2cc3c(c(=O)[nH]2)C(c2cccc(Cl)c2Cl)=CC3)CC1. The highest BCUT2D eigenvalue weighted by atomic mass is 35.5. The summed E-state index contributed by atoms with van der Waals surface area (Å²) in [6, 6.07) is 7.61. The molecule has 0 bridgehead atoms. The Labute approximate surface area is 169 Å². The van der Waals surface area contributed by atoms with Crippen LogP contribution in [0.3, 0.4) is 0 Å². The third-order valence-corrected chi connectivity index (χ3v) is 6.76. The van der Waals surface area contributed by atoms with Crippen molar-refractivity contribution in [1.29, 1.82) is 0 Å². The second-order valence-electron chi connectivity index (χ2n) is 7.81. The average Bonchev–Trinajstić information content (AvgIpc) is 3.09. The number of halogens is 2. The zero-order valence-electron chi connectivity index (χ0n) is 15.3. The Balaban J connectivity index is 1.65.